The average Bonchev–Trinajstić information content (AvgIpc) is 2.65. The van der Waals surface area contributed by atoms with Gasteiger partial charge in [-0.15, -0.1) is 0 Å². The second-order valence-corrected chi connectivity index (χ2v) is 12.0. The topological polar surface area (TPSA) is 103 Å². The summed E-state index contributed by atoms with van der Waals surface area (Å²) in [7, 11) is -0.562. The minimum atomic E-state index is -1.28. The summed E-state index contributed by atoms with van der Waals surface area (Å²) >= 11 is 0. The van der Waals surface area contributed by atoms with Gasteiger partial charge >= 0.3 is 5.97 Å². The maximum atomic E-state index is 9.97. The molecule has 0 aliphatic heterocycles. The van der Waals surface area contributed by atoms with Gasteiger partial charge in [0.05, 0.1) is 24.6 Å². The molecule has 0 saturated heterocycles. The van der Waals surface area contributed by atoms with Crippen molar-refractivity contribution in [3.8, 4) is 0 Å². The Balaban J connectivity index is 0. The first-order valence-electron chi connectivity index (χ1n) is 10.8. The van der Waals surface area contributed by atoms with Crippen LogP contribution in [0.1, 0.15) is 91.9 Å². The Bertz CT molecular complexity index is 340. The van der Waals surface area contributed by atoms with Gasteiger partial charge in [-0.1, -0.05) is 53.4 Å². The molecule has 0 unspecified atom stereocenters. The number of carbonyl (C=O) groups is 2. The fraction of sp³-hybridized carbons (Fsp3) is 0.905. The van der Waals surface area contributed by atoms with Gasteiger partial charge in [0.25, 0.3) is 0 Å². The summed E-state index contributed by atoms with van der Waals surface area (Å²) in [5.74, 6) is -2.47. The predicted octanol–water partition coefficient (Wildman–Crippen LogP) is 4.13. The zero-order valence-electron chi connectivity index (χ0n) is 18.2. The summed E-state index contributed by atoms with van der Waals surface area (Å²) in [6.07, 6.45) is 17.5. The van der Waals surface area contributed by atoms with Crippen LogP contribution in [0, 0.1) is 0 Å². The number of unbranched alkanes of at least 4 members (excludes halogenated alkanes) is 4. The summed E-state index contributed by atoms with van der Waals surface area (Å²) in [4.78, 5) is 19.7. The van der Waals surface area contributed by atoms with Gasteiger partial charge in [-0.3, -0.25) is 4.79 Å². The lowest BCUT2D eigenvalue weighted by molar-refractivity contribution is -0.305. The first kappa shape index (κ1) is 28.5. The van der Waals surface area contributed by atoms with Crippen LogP contribution in [0.15, 0.2) is 0 Å². The van der Waals surface area contributed by atoms with Crippen molar-refractivity contribution in [3.05, 3.63) is 0 Å². The predicted molar refractivity (Wildman–Crippen MR) is 116 cm³/mol. The van der Waals surface area contributed by atoms with Crippen LogP contribution in [-0.2, 0) is 9.59 Å². The molecule has 5 nitrogen and oxygen atoms in total. The fourth-order valence-electron chi connectivity index (χ4n) is 3.04. The van der Waals surface area contributed by atoms with Crippen molar-refractivity contribution in [2.24, 2.45) is 5.73 Å². The van der Waals surface area contributed by atoms with E-state index in [9.17, 15) is 14.7 Å². The van der Waals surface area contributed by atoms with Crippen LogP contribution in [0.5, 0.6) is 0 Å². The standard InChI is InChI=1S/C16H36P.C5H9NO4/c1-5-9-13-17(14-10-6-2,15-11-7-3)16-12-8-4;6-3(5(9)10)1-2-4(7)8/h5-16H2,1-4H3;3H,1-2,6H2,(H,7,8)(H,9,10)/q+1;/p-1/t;3-/m.0/s1. The van der Waals surface area contributed by atoms with Gasteiger partial charge in [0, 0.05) is 13.2 Å². The molecule has 3 N–H and O–H groups in total. The summed E-state index contributed by atoms with van der Waals surface area (Å²) in [5, 5.41) is 17.9. The minimum absolute atomic E-state index is 0.0856. The molecule has 162 valence electrons. The molecule has 0 aromatic carbocycles. The van der Waals surface area contributed by atoms with E-state index in [4.69, 9.17) is 10.8 Å². The highest BCUT2D eigenvalue weighted by molar-refractivity contribution is 7.75. The number of carboxylic acids is 2. The van der Waals surface area contributed by atoms with E-state index >= 15 is 0 Å². The largest absolute Gasteiger partial charge is 0.550 e. The third-order valence-electron chi connectivity index (χ3n) is 4.92. The Kier molecular flexibility index (Phi) is 19.7. The normalized spacial score (nSPS) is 12.2. The summed E-state index contributed by atoms with van der Waals surface area (Å²) in [5.41, 5.74) is 4.97. The Morgan fingerprint density at radius 1 is 0.852 bits per heavy atom. The van der Waals surface area contributed by atoms with Crippen LogP contribution in [0.4, 0.5) is 0 Å². The summed E-state index contributed by atoms with van der Waals surface area (Å²) in [6.45, 7) is 9.42. The summed E-state index contributed by atoms with van der Waals surface area (Å²) < 4.78 is 0. The zero-order chi connectivity index (χ0) is 21.1. The van der Waals surface area contributed by atoms with Crippen molar-refractivity contribution >= 4 is 19.2 Å². The number of aliphatic carboxylic acids is 2. The van der Waals surface area contributed by atoms with Gasteiger partial charge in [0.15, 0.2) is 0 Å². The molecule has 27 heavy (non-hydrogen) atoms. The molecule has 6 heteroatoms. The molecule has 0 bridgehead atoms. The quantitative estimate of drug-likeness (QED) is 0.376. The second kappa shape index (κ2) is 18.7. The SMILES string of the molecule is CCCC[P+](CCCC)(CCCC)CCCC.N[C@@H](CCC(=O)[O-])C(=O)O. The van der Waals surface area contributed by atoms with Gasteiger partial charge < -0.3 is 20.7 Å². The lowest BCUT2D eigenvalue weighted by atomic mass is 10.2. The third kappa shape index (κ3) is 17.2. The van der Waals surface area contributed by atoms with Crippen molar-refractivity contribution in [2.45, 2.75) is 97.9 Å². The molecular weight excluding hydrogens is 361 g/mol. The molecule has 0 fully saturated rings. The summed E-state index contributed by atoms with van der Waals surface area (Å²) in [6, 6.07) is -1.10. The van der Waals surface area contributed by atoms with Crippen molar-refractivity contribution in [3.63, 3.8) is 0 Å². The zero-order valence-corrected chi connectivity index (χ0v) is 19.1. The number of carboxylic acid groups (broad SMARTS) is 2. The van der Waals surface area contributed by atoms with Gasteiger partial charge in [0.2, 0.25) is 0 Å². The minimum Gasteiger partial charge on any atom is -0.550 e. The highest BCUT2D eigenvalue weighted by Crippen LogP contribution is 2.61. The molecular formula is C21H44NO4P. The molecule has 0 saturated carbocycles. The lowest BCUT2D eigenvalue weighted by Gasteiger charge is -2.28. The molecule has 0 aromatic heterocycles. The number of carbonyl (C=O) groups excluding carboxylic acids is 1. The van der Waals surface area contributed by atoms with E-state index in [1.165, 1.54) is 51.4 Å². The molecule has 0 radical (unpaired) electrons. The first-order valence-corrected chi connectivity index (χ1v) is 13.3. The van der Waals surface area contributed by atoms with Crippen molar-refractivity contribution in [2.75, 3.05) is 24.6 Å². The molecule has 1 atom stereocenters. The number of hydrogen-bond donors (Lipinski definition) is 2. The van der Waals surface area contributed by atoms with Crippen molar-refractivity contribution in [1.82, 2.24) is 0 Å². The van der Waals surface area contributed by atoms with E-state index in [0.717, 1.165) is 0 Å². The molecule has 0 heterocycles. The smallest absolute Gasteiger partial charge is 0.320 e. The molecule has 0 spiro atoms. The van der Waals surface area contributed by atoms with E-state index in [1.807, 2.05) is 0 Å². The van der Waals surface area contributed by atoms with Gasteiger partial charge in [-0.05, 0) is 38.5 Å². The Morgan fingerprint density at radius 2 is 1.19 bits per heavy atom. The maximum Gasteiger partial charge on any atom is 0.320 e. The highest BCUT2D eigenvalue weighted by atomic mass is 31.2. The van der Waals surface area contributed by atoms with Crippen molar-refractivity contribution in [1.29, 1.82) is 0 Å². The molecule has 0 rings (SSSR count). The maximum absolute atomic E-state index is 9.97. The third-order valence-corrected chi connectivity index (χ3v) is 9.98. The van der Waals surface area contributed by atoms with Crippen LogP contribution in [-0.4, -0.2) is 47.7 Å². The van der Waals surface area contributed by atoms with E-state index < -0.39 is 25.2 Å². The van der Waals surface area contributed by atoms with E-state index in [2.05, 4.69) is 27.7 Å². The monoisotopic (exact) mass is 405 g/mol. The van der Waals surface area contributed by atoms with Gasteiger partial charge in [-0.25, -0.2) is 0 Å². The van der Waals surface area contributed by atoms with Crippen LogP contribution < -0.4 is 10.8 Å². The lowest BCUT2D eigenvalue weighted by Crippen LogP contribution is -2.32. The molecule has 0 aliphatic rings. The number of rotatable bonds is 16. The highest BCUT2D eigenvalue weighted by Gasteiger charge is 2.34. The Morgan fingerprint density at radius 3 is 1.41 bits per heavy atom. The first-order chi connectivity index (χ1) is 12.8. The van der Waals surface area contributed by atoms with Gasteiger partial charge in [0.1, 0.15) is 6.04 Å². The average molecular weight is 406 g/mol. The van der Waals surface area contributed by atoms with Crippen molar-refractivity contribution < 1.29 is 19.8 Å². The van der Waals surface area contributed by atoms with Crippen LogP contribution in [0.2, 0.25) is 0 Å². The molecule has 0 amide bonds. The number of hydrogen-bond acceptors (Lipinski definition) is 4. The Hall–Kier alpha value is -0.670. The van der Waals surface area contributed by atoms with Crippen LogP contribution in [0.3, 0.4) is 0 Å². The molecule has 0 aliphatic carbocycles. The molecule has 0 aromatic rings. The second-order valence-electron chi connectivity index (χ2n) is 7.51. The van der Waals surface area contributed by atoms with Gasteiger partial charge in [-0.2, -0.15) is 0 Å². The Labute approximate surface area is 167 Å². The number of nitrogens with two attached hydrogens (primary N) is 1. The van der Waals surface area contributed by atoms with E-state index in [1.54, 1.807) is 24.6 Å². The van der Waals surface area contributed by atoms with E-state index in [0.29, 0.717) is 0 Å². The van der Waals surface area contributed by atoms with E-state index in [-0.39, 0.29) is 12.8 Å². The van der Waals surface area contributed by atoms with Crippen LogP contribution in [0.25, 0.3) is 0 Å². The fourth-order valence-corrected chi connectivity index (χ4v) is 8.33. The van der Waals surface area contributed by atoms with Crippen LogP contribution >= 0.6 is 7.26 Å².